The monoisotopic (exact) mass is 394 g/mol. The van der Waals surface area contributed by atoms with E-state index in [4.69, 9.17) is 32.7 Å². The van der Waals surface area contributed by atoms with Gasteiger partial charge in [0.05, 0.1) is 25.5 Å². The molecular weight excluding hydrogens is 375 g/mol. The van der Waals surface area contributed by atoms with E-state index in [-0.39, 0.29) is 11.9 Å². The van der Waals surface area contributed by atoms with Gasteiger partial charge in [-0.2, -0.15) is 0 Å². The first kappa shape index (κ1) is 18.7. The molecule has 0 radical (unpaired) electrons. The highest BCUT2D eigenvalue weighted by Crippen LogP contribution is 2.33. The average Bonchev–Trinajstić information content (AvgIpc) is 3.10. The largest absolute Gasteiger partial charge is 0.496 e. The van der Waals surface area contributed by atoms with Gasteiger partial charge in [-0.1, -0.05) is 23.2 Å². The summed E-state index contributed by atoms with van der Waals surface area (Å²) in [6.45, 7) is 1.47. The Hall–Kier alpha value is -2.11. The number of amides is 1. The van der Waals surface area contributed by atoms with Gasteiger partial charge in [0.15, 0.2) is 0 Å². The van der Waals surface area contributed by atoms with Crippen LogP contribution >= 0.6 is 23.2 Å². The zero-order chi connectivity index (χ0) is 18.7. The maximum atomic E-state index is 12.6. The van der Waals surface area contributed by atoms with Crippen LogP contribution < -0.4 is 19.7 Å². The number of rotatable bonds is 5. The molecule has 7 heteroatoms. The lowest BCUT2D eigenvalue weighted by molar-refractivity contribution is 0.0937. The van der Waals surface area contributed by atoms with Crippen molar-refractivity contribution in [2.45, 2.75) is 12.5 Å². The van der Waals surface area contributed by atoms with Crippen LogP contribution in [-0.4, -0.2) is 39.3 Å². The second kappa shape index (κ2) is 8.06. The Labute approximate surface area is 162 Å². The van der Waals surface area contributed by atoms with Crippen LogP contribution in [0.3, 0.4) is 0 Å². The van der Waals surface area contributed by atoms with Crippen LogP contribution in [0.15, 0.2) is 36.4 Å². The van der Waals surface area contributed by atoms with Crippen LogP contribution in [0.2, 0.25) is 10.0 Å². The number of nitrogens with zero attached hydrogens (tertiary/aromatic N) is 1. The van der Waals surface area contributed by atoms with Crippen molar-refractivity contribution in [1.82, 2.24) is 5.32 Å². The van der Waals surface area contributed by atoms with Gasteiger partial charge in [0.1, 0.15) is 11.5 Å². The van der Waals surface area contributed by atoms with E-state index in [0.29, 0.717) is 27.9 Å². The van der Waals surface area contributed by atoms with Crippen molar-refractivity contribution in [1.29, 1.82) is 0 Å². The van der Waals surface area contributed by atoms with Crippen LogP contribution in [0.4, 0.5) is 5.69 Å². The molecule has 5 nitrogen and oxygen atoms in total. The number of carbonyl (C=O) groups is 1. The number of carbonyl (C=O) groups excluding carboxylic acids is 1. The van der Waals surface area contributed by atoms with Gasteiger partial charge in [0.25, 0.3) is 5.91 Å². The summed E-state index contributed by atoms with van der Waals surface area (Å²) in [6.07, 6.45) is 0.824. The number of benzene rings is 2. The molecule has 1 N–H and O–H groups in total. The van der Waals surface area contributed by atoms with Gasteiger partial charge in [0, 0.05) is 29.2 Å². The molecule has 2 aromatic carbocycles. The van der Waals surface area contributed by atoms with Crippen molar-refractivity contribution in [2.24, 2.45) is 0 Å². The van der Waals surface area contributed by atoms with Gasteiger partial charge in [-0.25, -0.2) is 0 Å². The molecule has 1 heterocycles. The maximum Gasteiger partial charge on any atom is 0.255 e. The molecule has 1 unspecified atom stereocenters. The van der Waals surface area contributed by atoms with Crippen LogP contribution in [0, 0.1) is 0 Å². The quantitative estimate of drug-likeness (QED) is 0.831. The summed E-state index contributed by atoms with van der Waals surface area (Å²) in [4.78, 5) is 14.8. The molecule has 0 spiro atoms. The molecular formula is C19H20Cl2N2O3. The van der Waals surface area contributed by atoms with Crippen molar-refractivity contribution < 1.29 is 14.3 Å². The Morgan fingerprint density at radius 2 is 1.73 bits per heavy atom. The molecule has 1 fully saturated rings. The van der Waals surface area contributed by atoms with Gasteiger partial charge in [-0.05, 0) is 42.8 Å². The molecule has 26 heavy (non-hydrogen) atoms. The van der Waals surface area contributed by atoms with Gasteiger partial charge < -0.3 is 19.7 Å². The van der Waals surface area contributed by atoms with E-state index in [1.807, 2.05) is 12.1 Å². The van der Waals surface area contributed by atoms with Crippen molar-refractivity contribution in [3.05, 3.63) is 52.0 Å². The summed E-state index contributed by atoms with van der Waals surface area (Å²) in [5, 5.41) is 4.20. The van der Waals surface area contributed by atoms with E-state index in [1.54, 1.807) is 31.4 Å². The molecule has 2 aromatic rings. The lowest BCUT2D eigenvalue weighted by Crippen LogP contribution is -2.37. The van der Waals surface area contributed by atoms with Crippen molar-refractivity contribution in [3.63, 3.8) is 0 Å². The lowest BCUT2D eigenvalue weighted by atomic mass is 10.1. The first-order valence-electron chi connectivity index (χ1n) is 8.24. The van der Waals surface area contributed by atoms with Gasteiger partial charge in [0.2, 0.25) is 0 Å². The van der Waals surface area contributed by atoms with Gasteiger partial charge >= 0.3 is 0 Å². The van der Waals surface area contributed by atoms with Crippen LogP contribution in [0.5, 0.6) is 11.5 Å². The van der Waals surface area contributed by atoms with Gasteiger partial charge in [-0.15, -0.1) is 0 Å². The number of methoxy groups -OCH3 is 2. The zero-order valence-corrected chi connectivity index (χ0v) is 16.1. The van der Waals surface area contributed by atoms with E-state index in [2.05, 4.69) is 10.2 Å². The fourth-order valence-corrected chi connectivity index (χ4v) is 3.47. The standard InChI is InChI=1S/C19H20Cl2N2O3/c1-25-17-5-3-12(20)9-15(17)19(24)22-14-7-8-23(11-14)16-10-13(21)4-6-18(16)26-2/h3-6,9-10,14H,7-8,11H2,1-2H3,(H,22,24). The Bertz CT molecular complexity index is 813. The zero-order valence-electron chi connectivity index (χ0n) is 14.6. The Morgan fingerprint density at radius 1 is 1.08 bits per heavy atom. The maximum absolute atomic E-state index is 12.6. The molecule has 1 aliphatic heterocycles. The highest BCUT2D eigenvalue weighted by atomic mass is 35.5. The van der Waals surface area contributed by atoms with Crippen molar-refractivity contribution in [3.8, 4) is 11.5 Å². The molecule has 1 amide bonds. The minimum atomic E-state index is -0.200. The highest BCUT2D eigenvalue weighted by molar-refractivity contribution is 6.31. The Morgan fingerprint density at radius 3 is 2.42 bits per heavy atom. The average molecular weight is 395 g/mol. The van der Waals surface area contributed by atoms with Crippen molar-refractivity contribution in [2.75, 3.05) is 32.2 Å². The molecule has 0 saturated carbocycles. The Kier molecular flexibility index (Phi) is 5.79. The SMILES string of the molecule is COc1ccc(Cl)cc1C(=O)NC1CCN(c2cc(Cl)ccc2OC)C1. The number of nitrogens with one attached hydrogen (secondary N) is 1. The number of ether oxygens (including phenoxy) is 2. The third-order valence-corrected chi connectivity index (χ3v) is 4.88. The summed E-state index contributed by atoms with van der Waals surface area (Å²) in [5.74, 6) is 1.06. The summed E-state index contributed by atoms with van der Waals surface area (Å²) in [7, 11) is 3.16. The number of hydrogen-bond acceptors (Lipinski definition) is 4. The first-order valence-corrected chi connectivity index (χ1v) is 9.00. The van der Waals surface area contributed by atoms with Crippen molar-refractivity contribution >= 4 is 34.8 Å². The first-order chi connectivity index (χ1) is 12.5. The summed E-state index contributed by atoms with van der Waals surface area (Å²) < 4.78 is 10.7. The predicted molar refractivity (Wildman–Crippen MR) is 104 cm³/mol. The number of hydrogen-bond donors (Lipinski definition) is 1. The summed E-state index contributed by atoms with van der Waals surface area (Å²) in [6, 6.07) is 10.5. The van der Waals surface area contributed by atoms with E-state index in [9.17, 15) is 4.79 Å². The highest BCUT2D eigenvalue weighted by Gasteiger charge is 2.27. The number of halogens is 2. The van der Waals surface area contributed by atoms with E-state index < -0.39 is 0 Å². The third kappa shape index (κ3) is 4.00. The second-order valence-corrected chi connectivity index (χ2v) is 6.94. The predicted octanol–water partition coefficient (Wildman–Crippen LogP) is 4.02. The second-order valence-electron chi connectivity index (χ2n) is 6.07. The van der Waals surface area contributed by atoms with E-state index in [1.165, 1.54) is 7.11 Å². The van der Waals surface area contributed by atoms with Gasteiger partial charge in [-0.3, -0.25) is 4.79 Å². The lowest BCUT2D eigenvalue weighted by Gasteiger charge is -2.22. The fourth-order valence-electron chi connectivity index (χ4n) is 3.13. The fraction of sp³-hybridized carbons (Fsp3) is 0.316. The molecule has 0 aliphatic carbocycles. The number of anilines is 1. The minimum Gasteiger partial charge on any atom is -0.496 e. The molecule has 1 atom stereocenters. The molecule has 1 aliphatic rings. The molecule has 0 bridgehead atoms. The smallest absolute Gasteiger partial charge is 0.255 e. The summed E-state index contributed by atoms with van der Waals surface area (Å²) in [5.41, 5.74) is 1.36. The topological polar surface area (TPSA) is 50.8 Å². The summed E-state index contributed by atoms with van der Waals surface area (Å²) >= 11 is 12.1. The molecule has 1 saturated heterocycles. The molecule has 138 valence electrons. The Balaban J connectivity index is 1.71. The van der Waals surface area contributed by atoms with E-state index in [0.717, 1.165) is 24.4 Å². The normalized spacial score (nSPS) is 16.5. The van der Waals surface area contributed by atoms with Crippen LogP contribution in [-0.2, 0) is 0 Å². The minimum absolute atomic E-state index is 0.00914. The molecule has 3 rings (SSSR count). The van der Waals surface area contributed by atoms with E-state index >= 15 is 0 Å². The molecule has 0 aromatic heterocycles. The van der Waals surface area contributed by atoms with Crippen LogP contribution in [0.25, 0.3) is 0 Å². The third-order valence-electron chi connectivity index (χ3n) is 4.41. The van der Waals surface area contributed by atoms with Crippen LogP contribution in [0.1, 0.15) is 16.8 Å².